The molecule has 0 bridgehead atoms. The van der Waals surface area contributed by atoms with E-state index in [0.29, 0.717) is 0 Å². The summed E-state index contributed by atoms with van der Waals surface area (Å²) >= 11 is 0. The Morgan fingerprint density at radius 2 is 1.71 bits per heavy atom. The number of methoxy groups -OCH3 is 1. The number of rotatable bonds is 3. The molecule has 0 spiro atoms. The van der Waals surface area contributed by atoms with Crippen molar-refractivity contribution in [2.75, 3.05) is 7.11 Å². The van der Waals surface area contributed by atoms with Crippen LogP contribution in [0, 0.1) is 11.6 Å². The molecule has 0 radical (unpaired) electrons. The van der Waals surface area contributed by atoms with Crippen molar-refractivity contribution in [2.24, 2.45) is 5.73 Å². The zero-order chi connectivity index (χ0) is 15.0. The Kier molecular flexibility index (Phi) is 3.64. The Morgan fingerprint density at radius 3 is 2.38 bits per heavy atom. The molecule has 2 aromatic carbocycles. The van der Waals surface area contributed by atoms with E-state index in [1.807, 2.05) is 18.2 Å². The highest BCUT2D eigenvalue weighted by molar-refractivity contribution is 5.42. The van der Waals surface area contributed by atoms with Crippen LogP contribution >= 0.6 is 0 Å². The molecule has 0 amide bonds. The Balaban J connectivity index is 2.00. The first-order valence-electron chi connectivity index (χ1n) is 7.00. The maximum atomic E-state index is 14.1. The van der Waals surface area contributed by atoms with Crippen molar-refractivity contribution >= 4 is 0 Å². The standard InChI is InChI=1S/C17H17F2NO/c1-21-13-8-14(18)16(15(19)9-13)17(20)12-6-5-10-3-2-4-11(10)7-12/h5-9,17H,2-4,20H2,1H3. The molecule has 1 atom stereocenters. The van der Waals surface area contributed by atoms with E-state index in [9.17, 15) is 8.78 Å². The molecule has 0 heterocycles. The summed E-state index contributed by atoms with van der Waals surface area (Å²) in [4.78, 5) is 0. The van der Waals surface area contributed by atoms with Gasteiger partial charge >= 0.3 is 0 Å². The summed E-state index contributed by atoms with van der Waals surface area (Å²) in [6.07, 6.45) is 3.19. The number of halogens is 2. The molecule has 21 heavy (non-hydrogen) atoms. The predicted octanol–water partition coefficient (Wildman–Crippen LogP) is 3.51. The molecule has 0 saturated carbocycles. The first-order valence-corrected chi connectivity index (χ1v) is 7.00. The van der Waals surface area contributed by atoms with Crippen LogP contribution in [0.3, 0.4) is 0 Å². The smallest absolute Gasteiger partial charge is 0.134 e. The Bertz CT molecular complexity index is 661. The van der Waals surface area contributed by atoms with Crippen LogP contribution in [-0.2, 0) is 12.8 Å². The number of hydrogen-bond donors (Lipinski definition) is 1. The van der Waals surface area contributed by atoms with Gasteiger partial charge in [-0.2, -0.15) is 0 Å². The molecule has 4 heteroatoms. The minimum Gasteiger partial charge on any atom is -0.497 e. The van der Waals surface area contributed by atoms with Gasteiger partial charge in [0.25, 0.3) is 0 Å². The molecule has 110 valence electrons. The van der Waals surface area contributed by atoms with E-state index >= 15 is 0 Å². The molecule has 1 unspecified atom stereocenters. The van der Waals surface area contributed by atoms with Crippen LogP contribution in [0.4, 0.5) is 8.78 Å². The summed E-state index contributed by atoms with van der Waals surface area (Å²) in [7, 11) is 1.37. The highest BCUT2D eigenvalue weighted by Crippen LogP contribution is 2.31. The average Bonchev–Trinajstić information content (AvgIpc) is 2.93. The van der Waals surface area contributed by atoms with Gasteiger partial charge in [-0.25, -0.2) is 8.78 Å². The number of benzene rings is 2. The van der Waals surface area contributed by atoms with Gasteiger partial charge in [-0.1, -0.05) is 18.2 Å². The molecule has 1 aliphatic rings. The minimum absolute atomic E-state index is 0.117. The van der Waals surface area contributed by atoms with Crippen molar-refractivity contribution in [1.82, 2.24) is 0 Å². The quantitative estimate of drug-likeness (QED) is 0.938. The third kappa shape index (κ3) is 2.51. The largest absolute Gasteiger partial charge is 0.497 e. The predicted molar refractivity (Wildman–Crippen MR) is 77.4 cm³/mol. The van der Waals surface area contributed by atoms with Crippen LogP contribution in [0.2, 0.25) is 0 Å². The van der Waals surface area contributed by atoms with Crippen molar-refractivity contribution in [3.8, 4) is 5.75 Å². The van der Waals surface area contributed by atoms with Gasteiger partial charge in [0.15, 0.2) is 0 Å². The number of fused-ring (bicyclic) bond motifs is 1. The van der Waals surface area contributed by atoms with Crippen LogP contribution in [0.15, 0.2) is 30.3 Å². The number of hydrogen-bond acceptors (Lipinski definition) is 2. The molecule has 0 aromatic heterocycles. The maximum Gasteiger partial charge on any atom is 0.134 e. The first kappa shape index (κ1) is 14.0. The number of ether oxygens (including phenoxy) is 1. The highest BCUT2D eigenvalue weighted by Gasteiger charge is 2.21. The van der Waals surface area contributed by atoms with Crippen LogP contribution in [0.25, 0.3) is 0 Å². The fraction of sp³-hybridized carbons (Fsp3) is 0.294. The second kappa shape index (κ2) is 5.45. The summed E-state index contributed by atoms with van der Waals surface area (Å²) in [5.74, 6) is -1.21. The van der Waals surface area contributed by atoms with E-state index in [1.165, 1.54) is 18.2 Å². The summed E-state index contributed by atoms with van der Waals surface area (Å²) < 4.78 is 33.1. The van der Waals surface area contributed by atoms with E-state index in [4.69, 9.17) is 10.5 Å². The summed E-state index contributed by atoms with van der Waals surface area (Å²) in [5, 5.41) is 0. The molecule has 0 saturated heterocycles. The lowest BCUT2D eigenvalue weighted by Crippen LogP contribution is -2.16. The molecular weight excluding hydrogens is 272 g/mol. The van der Waals surface area contributed by atoms with Crippen LogP contribution < -0.4 is 10.5 Å². The lowest BCUT2D eigenvalue weighted by molar-refractivity contribution is 0.404. The van der Waals surface area contributed by atoms with Gasteiger partial charge in [-0.15, -0.1) is 0 Å². The third-order valence-corrected chi connectivity index (χ3v) is 4.08. The SMILES string of the molecule is COc1cc(F)c(C(N)c2ccc3c(c2)CCC3)c(F)c1. The van der Waals surface area contributed by atoms with Gasteiger partial charge in [-0.05, 0) is 36.0 Å². The minimum atomic E-state index is -0.818. The highest BCUT2D eigenvalue weighted by atomic mass is 19.1. The van der Waals surface area contributed by atoms with Crippen molar-refractivity contribution in [3.05, 3.63) is 64.2 Å². The average molecular weight is 289 g/mol. The van der Waals surface area contributed by atoms with Crippen molar-refractivity contribution in [3.63, 3.8) is 0 Å². The van der Waals surface area contributed by atoms with Crippen molar-refractivity contribution in [2.45, 2.75) is 25.3 Å². The maximum absolute atomic E-state index is 14.1. The third-order valence-electron chi connectivity index (χ3n) is 4.08. The summed E-state index contributed by atoms with van der Waals surface area (Å²) in [6, 6.07) is 7.34. The van der Waals surface area contributed by atoms with Gasteiger partial charge in [0, 0.05) is 17.7 Å². The normalized spacial score (nSPS) is 14.9. The van der Waals surface area contributed by atoms with Gasteiger partial charge in [-0.3, -0.25) is 0 Å². The summed E-state index contributed by atoms with van der Waals surface area (Å²) in [6.45, 7) is 0. The molecule has 0 aliphatic heterocycles. The second-order valence-electron chi connectivity index (χ2n) is 5.36. The zero-order valence-electron chi connectivity index (χ0n) is 11.8. The van der Waals surface area contributed by atoms with Crippen LogP contribution in [-0.4, -0.2) is 7.11 Å². The van der Waals surface area contributed by atoms with E-state index in [2.05, 4.69) is 0 Å². The summed E-state index contributed by atoms with van der Waals surface area (Å²) in [5.41, 5.74) is 9.24. The topological polar surface area (TPSA) is 35.2 Å². The number of aryl methyl sites for hydroxylation is 2. The van der Waals surface area contributed by atoms with E-state index in [0.717, 1.165) is 37.0 Å². The monoisotopic (exact) mass is 289 g/mol. The lowest BCUT2D eigenvalue weighted by Gasteiger charge is -2.16. The molecular formula is C17H17F2NO. The molecule has 0 fully saturated rings. The van der Waals surface area contributed by atoms with Crippen molar-refractivity contribution in [1.29, 1.82) is 0 Å². The van der Waals surface area contributed by atoms with E-state index in [1.54, 1.807) is 0 Å². The van der Waals surface area contributed by atoms with Crippen molar-refractivity contribution < 1.29 is 13.5 Å². The van der Waals surface area contributed by atoms with Crippen LogP contribution in [0.5, 0.6) is 5.75 Å². The number of nitrogens with two attached hydrogens (primary N) is 1. The molecule has 2 nitrogen and oxygen atoms in total. The van der Waals surface area contributed by atoms with Crippen LogP contribution in [0.1, 0.15) is 34.7 Å². The molecule has 3 rings (SSSR count). The lowest BCUT2D eigenvalue weighted by atomic mass is 9.95. The zero-order valence-corrected chi connectivity index (χ0v) is 11.8. The molecule has 2 N–H and O–H groups in total. The molecule has 2 aromatic rings. The first-order chi connectivity index (χ1) is 10.1. The fourth-order valence-corrected chi connectivity index (χ4v) is 2.93. The Labute approximate surface area is 122 Å². The van der Waals surface area contributed by atoms with E-state index < -0.39 is 17.7 Å². The van der Waals surface area contributed by atoms with Gasteiger partial charge in [0.1, 0.15) is 17.4 Å². The molecule has 1 aliphatic carbocycles. The second-order valence-corrected chi connectivity index (χ2v) is 5.36. The Morgan fingerprint density at radius 1 is 1.05 bits per heavy atom. The van der Waals surface area contributed by atoms with E-state index in [-0.39, 0.29) is 11.3 Å². The fourth-order valence-electron chi connectivity index (χ4n) is 2.93. The van der Waals surface area contributed by atoms with Gasteiger partial charge in [0.05, 0.1) is 13.2 Å². The van der Waals surface area contributed by atoms with Gasteiger partial charge in [0.2, 0.25) is 0 Å². The van der Waals surface area contributed by atoms with Gasteiger partial charge < -0.3 is 10.5 Å². The Hall–Kier alpha value is -1.94.